The number of nitrogens with zero attached hydrogens (tertiary/aromatic N) is 3. The van der Waals surface area contributed by atoms with Gasteiger partial charge in [-0.1, -0.05) is 0 Å². The lowest BCUT2D eigenvalue weighted by Gasteiger charge is -1.96. The maximum atomic E-state index is 5.81. The number of nitrogen functional groups attached to an aromatic ring is 2. The fraction of sp³-hybridized carbons (Fsp3) is 0.111. The molecular formula is C9H11N5. The molecule has 0 bridgehead atoms. The van der Waals surface area contributed by atoms with Gasteiger partial charge in [-0.3, -0.25) is 9.67 Å². The highest BCUT2D eigenvalue weighted by molar-refractivity contribution is 5.79. The number of anilines is 2. The molecule has 0 aromatic carbocycles. The van der Waals surface area contributed by atoms with E-state index in [2.05, 4.69) is 10.1 Å². The van der Waals surface area contributed by atoms with Gasteiger partial charge in [0.15, 0.2) is 0 Å². The fourth-order valence-electron chi connectivity index (χ4n) is 1.28. The van der Waals surface area contributed by atoms with E-state index in [4.69, 9.17) is 11.5 Å². The van der Waals surface area contributed by atoms with Crippen LogP contribution < -0.4 is 11.5 Å². The van der Waals surface area contributed by atoms with Gasteiger partial charge in [-0.05, 0) is 12.1 Å². The van der Waals surface area contributed by atoms with Gasteiger partial charge in [-0.2, -0.15) is 5.10 Å². The molecule has 0 aliphatic rings. The van der Waals surface area contributed by atoms with Crippen molar-refractivity contribution in [3.05, 3.63) is 24.5 Å². The number of aromatic nitrogens is 3. The van der Waals surface area contributed by atoms with E-state index in [-0.39, 0.29) is 0 Å². The summed E-state index contributed by atoms with van der Waals surface area (Å²) >= 11 is 0. The molecule has 5 heteroatoms. The summed E-state index contributed by atoms with van der Waals surface area (Å²) < 4.78 is 1.56. The van der Waals surface area contributed by atoms with E-state index in [0.717, 1.165) is 5.56 Å². The van der Waals surface area contributed by atoms with Gasteiger partial charge in [0.25, 0.3) is 0 Å². The average molecular weight is 189 g/mol. The first-order valence-corrected chi connectivity index (χ1v) is 4.18. The highest BCUT2D eigenvalue weighted by Crippen LogP contribution is 2.27. The second-order valence-electron chi connectivity index (χ2n) is 3.01. The van der Waals surface area contributed by atoms with Gasteiger partial charge < -0.3 is 11.5 Å². The molecule has 0 aliphatic carbocycles. The van der Waals surface area contributed by atoms with Crippen LogP contribution in [0.15, 0.2) is 24.5 Å². The third-order valence-corrected chi connectivity index (χ3v) is 2.08. The molecule has 14 heavy (non-hydrogen) atoms. The lowest BCUT2D eigenvalue weighted by atomic mass is 10.2. The van der Waals surface area contributed by atoms with Crippen LogP contribution in [0.3, 0.4) is 0 Å². The number of hydrogen-bond acceptors (Lipinski definition) is 4. The first kappa shape index (κ1) is 8.55. The Bertz CT molecular complexity index is 446. The summed E-state index contributed by atoms with van der Waals surface area (Å²) in [6, 6.07) is 3.69. The molecule has 2 aromatic heterocycles. The summed E-state index contributed by atoms with van der Waals surface area (Å²) in [6.07, 6.45) is 3.39. The topological polar surface area (TPSA) is 82.8 Å². The van der Waals surface area contributed by atoms with Crippen molar-refractivity contribution < 1.29 is 0 Å². The Hall–Kier alpha value is -2.04. The summed E-state index contributed by atoms with van der Waals surface area (Å²) in [6.45, 7) is 0. The second-order valence-corrected chi connectivity index (χ2v) is 3.01. The Morgan fingerprint density at radius 2 is 1.86 bits per heavy atom. The van der Waals surface area contributed by atoms with E-state index in [1.54, 1.807) is 24.1 Å². The molecule has 2 rings (SSSR count). The standard InChI is InChI=1S/C9H11N5/c1-14-9(11)7(10)8(13-14)6-2-4-12-5-3-6/h2-5H,10-11H2,1H3. The van der Waals surface area contributed by atoms with Crippen molar-refractivity contribution in [2.24, 2.45) is 7.05 Å². The van der Waals surface area contributed by atoms with Gasteiger partial charge in [0.2, 0.25) is 0 Å². The Morgan fingerprint density at radius 3 is 2.36 bits per heavy atom. The molecule has 72 valence electrons. The molecule has 0 radical (unpaired) electrons. The van der Waals surface area contributed by atoms with E-state index in [0.29, 0.717) is 17.2 Å². The average Bonchev–Trinajstić information content (AvgIpc) is 2.47. The molecule has 0 fully saturated rings. The summed E-state index contributed by atoms with van der Waals surface area (Å²) in [5.74, 6) is 0.483. The molecule has 0 saturated heterocycles. The molecule has 4 N–H and O–H groups in total. The summed E-state index contributed by atoms with van der Waals surface area (Å²) in [5.41, 5.74) is 13.6. The Balaban J connectivity index is 2.58. The van der Waals surface area contributed by atoms with Crippen molar-refractivity contribution >= 4 is 11.5 Å². The highest BCUT2D eigenvalue weighted by Gasteiger charge is 2.11. The van der Waals surface area contributed by atoms with Crippen molar-refractivity contribution in [2.75, 3.05) is 11.5 Å². The number of hydrogen-bond donors (Lipinski definition) is 2. The largest absolute Gasteiger partial charge is 0.394 e. The Kier molecular flexibility index (Phi) is 1.85. The predicted molar refractivity (Wildman–Crippen MR) is 55.3 cm³/mol. The van der Waals surface area contributed by atoms with Crippen molar-refractivity contribution in [3.8, 4) is 11.3 Å². The minimum atomic E-state index is 0.483. The molecule has 0 saturated carbocycles. The number of aryl methyl sites for hydroxylation is 1. The van der Waals surface area contributed by atoms with E-state index in [9.17, 15) is 0 Å². The zero-order valence-electron chi connectivity index (χ0n) is 7.81. The van der Waals surface area contributed by atoms with E-state index >= 15 is 0 Å². The van der Waals surface area contributed by atoms with Gasteiger partial charge in [0.1, 0.15) is 17.2 Å². The van der Waals surface area contributed by atoms with Crippen LogP contribution in [0.25, 0.3) is 11.3 Å². The van der Waals surface area contributed by atoms with E-state index in [1.165, 1.54) is 0 Å². The normalized spacial score (nSPS) is 10.4. The number of nitrogens with two attached hydrogens (primary N) is 2. The highest BCUT2D eigenvalue weighted by atomic mass is 15.3. The summed E-state index contributed by atoms with van der Waals surface area (Å²) in [7, 11) is 1.76. The molecule has 2 heterocycles. The Labute approximate surface area is 81.4 Å². The van der Waals surface area contributed by atoms with Crippen LogP contribution in [0.4, 0.5) is 11.5 Å². The smallest absolute Gasteiger partial charge is 0.145 e. The molecule has 0 aliphatic heterocycles. The lowest BCUT2D eigenvalue weighted by molar-refractivity contribution is 0.782. The van der Waals surface area contributed by atoms with E-state index in [1.807, 2.05) is 12.1 Å². The van der Waals surface area contributed by atoms with Crippen LogP contribution in [0.5, 0.6) is 0 Å². The Morgan fingerprint density at radius 1 is 1.21 bits per heavy atom. The van der Waals surface area contributed by atoms with Crippen LogP contribution in [-0.2, 0) is 7.05 Å². The van der Waals surface area contributed by atoms with Gasteiger partial charge in [0, 0.05) is 25.0 Å². The summed E-state index contributed by atoms with van der Waals surface area (Å²) in [5, 5.41) is 4.22. The SMILES string of the molecule is Cn1nc(-c2ccncc2)c(N)c1N. The predicted octanol–water partition coefficient (Wildman–Crippen LogP) is 0.647. The van der Waals surface area contributed by atoms with Crippen molar-refractivity contribution in [1.29, 1.82) is 0 Å². The third-order valence-electron chi connectivity index (χ3n) is 2.08. The van der Waals surface area contributed by atoms with Crippen molar-refractivity contribution in [2.45, 2.75) is 0 Å². The molecule has 0 atom stereocenters. The zero-order valence-corrected chi connectivity index (χ0v) is 7.81. The second kappa shape index (κ2) is 3.02. The minimum absolute atomic E-state index is 0.483. The van der Waals surface area contributed by atoms with E-state index < -0.39 is 0 Å². The maximum Gasteiger partial charge on any atom is 0.145 e. The minimum Gasteiger partial charge on any atom is -0.394 e. The number of pyridine rings is 1. The molecule has 0 spiro atoms. The van der Waals surface area contributed by atoms with Crippen LogP contribution in [0, 0.1) is 0 Å². The molecule has 0 amide bonds. The van der Waals surface area contributed by atoms with Gasteiger partial charge in [-0.25, -0.2) is 0 Å². The van der Waals surface area contributed by atoms with Crippen LogP contribution >= 0.6 is 0 Å². The monoisotopic (exact) mass is 189 g/mol. The maximum absolute atomic E-state index is 5.81. The molecule has 0 unspecified atom stereocenters. The lowest BCUT2D eigenvalue weighted by Crippen LogP contribution is -1.98. The van der Waals surface area contributed by atoms with Crippen molar-refractivity contribution in [1.82, 2.24) is 14.8 Å². The first-order chi connectivity index (χ1) is 6.70. The quantitative estimate of drug-likeness (QED) is 0.689. The molecule has 5 nitrogen and oxygen atoms in total. The van der Waals surface area contributed by atoms with Gasteiger partial charge in [-0.15, -0.1) is 0 Å². The third kappa shape index (κ3) is 1.19. The van der Waals surface area contributed by atoms with Crippen LogP contribution in [-0.4, -0.2) is 14.8 Å². The molecule has 2 aromatic rings. The molecular weight excluding hydrogens is 178 g/mol. The fourth-order valence-corrected chi connectivity index (χ4v) is 1.28. The van der Waals surface area contributed by atoms with Crippen LogP contribution in [0.1, 0.15) is 0 Å². The van der Waals surface area contributed by atoms with Gasteiger partial charge in [0.05, 0.1) is 0 Å². The van der Waals surface area contributed by atoms with Crippen molar-refractivity contribution in [3.63, 3.8) is 0 Å². The first-order valence-electron chi connectivity index (χ1n) is 4.18. The summed E-state index contributed by atoms with van der Waals surface area (Å²) in [4.78, 5) is 3.92. The zero-order chi connectivity index (χ0) is 10.1. The van der Waals surface area contributed by atoms with Crippen LogP contribution in [0.2, 0.25) is 0 Å². The van der Waals surface area contributed by atoms with Gasteiger partial charge >= 0.3 is 0 Å². The number of rotatable bonds is 1.